The Morgan fingerprint density at radius 2 is 2.00 bits per heavy atom. The topological polar surface area (TPSA) is 64.8 Å². The maximum absolute atomic E-state index is 9.03. The highest BCUT2D eigenvalue weighted by Crippen LogP contribution is 2.37. The predicted molar refractivity (Wildman–Crippen MR) is 98.2 cm³/mol. The van der Waals surface area contributed by atoms with Gasteiger partial charge in [-0.3, -0.25) is 0 Å². The summed E-state index contributed by atoms with van der Waals surface area (Å²) >= 11 is 0. The molecule has 0 aliphatic carbocycles. The smallest absolute Gasteiger partial charge is 0.138 e. The Hall–Kier alpha value is -3.39. The lowest BCUT2D eigenvalue weighted by Crippen LogP contribution is -2.24. The molecule has 0 spiro atoms. The lowest BCUT2D eigenvalue weighted by atomic mass is 10.1. The number of rotatable bonds is 3. The van der Waals surface area contributed by atoms with Crippen molar-refractivity contribution >= 4 is 23.0 Å². The maximum Gasteiger partial charge on any atom is 0.138 e. The highest BCUT2D eigenvalue weighted by molar-refractivity contribution is 5.71. The van der Waals surface area contributed by atoms with Gasteiger partial charge in [-0.15, -0.1) is 0 Å². The summed E-state index contributed by atoms with van der Waals surface area (Å²) < 4.78 is 0. The van der Waals surface area contributed by atoms with Crippen LogP contribution in [0.3, 0.4) is 0 Å². The summed E-state index contributed by atoms with van der Waals surface area (Å²) in [4.78, 5) is 11.0. The highest BCUT2D eigenvalue weighted by Gasteiger charge is 2.27. The number of benzene rings is 2. The van der Waals surface area contributed by atoms with Crippen LogP contribution in [0.5, 0.6) is 0 Å². The van der Waals surface area contributed by atoms with Crippen molar-refractivity contribution in [3.63, 3.8) is 0 Å². The molecular formula is C20H17N5. The van der Waals surface area contributed by atoms with E-state index in [1.165, 1.54) is 11.3 Å². The van der Waals surface area contributed by atoms with E-state index in [0.717, 1.165) is 17.9 Å². The van der Waals surface area contributed by atoms with Crippen LogP contribution in [-0.4, -0.2) is 16.0 Å². The molecule has 0 amide bonds. The van der Waals surface area contributed by atoms with Gasteiger partial charge >= 0.3 is 0 Å². The number of anilines is 4. The summed E-state index contributed by atoms with van der Waals surface area (Å²) in [5.41, 5.74) is 3.98. The monoisotopic (exact) mass is 327 g/mol. The van der Waals surface area contributed by atoms with Gasteiger partial charge in [-0.25, -0.2) is 9.97 Å². The van der Waals surface area contributed by atoms with Crippen LogP contribution < -0.4 is 10.2 Å². The lowest BCUT2D eigenvalue weighted by Gasteiger charge is -2.24. The van der Waals surface area contributed by atoms with Crippen LogP contribution in [0, 0.1) is 11.3 Å². The maximum atomic E-state index is 9.03. The minimum Gasteiger partial charge on any atom is -0.340 e. The summed E-state index contributed by atoms with van der Waals surface area (Å²) in [5.74, 6) is 1.57. The van der Waals surface area contributed by atoms with E-state index in [-0.39, 0.29) is 0 Å². The number of hydrogen-bond donors (Lipinski definition) is 1. The van der Waals surface area contributed by atoms with Crippen LogP contribution in [0.4, 0.5) is 23.0 Å². The summed E-state index contributed by atoms with van der Waals surface area (Å²) in [7, 11) is 0. The highest BCUT2D eigenvalue weighted by atomic mass is 15.2. The molecule has 4 rings (SSSR count). The van der Waals surface area contributed by atoms with Gasteiger partial charge in [0.25, 0.3) is 0 Å². The first kappa shape index (κ1) is 15.2. The molecule has 0 saturated heterocycles. The molecule has 1 aliphatic rings. The molecule has 0 radical (unpaired) electrons. The molecule has 1 atom stereocenters. The number of para-hydroxylation sites is 1. The Kier molecular flexibility index (Phi) is 3.79. The molecule has 25 heavy (non-hydrogen) atoms. The second kappa shape index (κ2) is 6.25. The number of nitrogens with zero attached hydrogens (tertiary/aromatic N) is 4. The molecule has 0 saturated carbocycles. The first-order chi connectivity index (χ1) is 12.2. The van der Waals surface area contributed by atoms with E-state index in [4.69, 9.17) is 5.26 Å². The molecule has 2 aromatic carbocycles. The third kappa shape index (κ3) is 2.90. The minimum absolute atomic E-state index is 0.349. The zero-order valence-electron chi connectivity index (χ0n) is 13.8. The van der Waals surface area contributed by atoms with Gasteiger partial charge < -0.3 is 10.2 Å². The fourth-order valence-corrected chi connectivity index (χ4v) is 3.28. The van der Waals surface area contributed by atoms with Crippen LogP contribution in [0.15, 0.2) is 60.9 Å². The molecule has 1 unspecified atom stereocenters. The lowest BCUT2D eigenvalue weighted by molar-refractivity contribution is 0.749. The molecular weight excluding hydrogens is 310 g/mol. The van der Waals surface area contributed by atoms with Crippen molar-refractivity contribution in [2.24, 2.45) is 0 Å². The summed E-state index contributed by atoms with van der Waals surface area (Å²) in [6.07, 6.45) is 2.58. The molecule has 5 heteroatoms. The Bertz CT molecular complexity index is 960. The summed E-state index contributed by atoms with van der Waals surface area (Å²) in [6.45, 7) is 2.20. The normalized spacial score (nSPS) is 15.5. The molecule has 0 bridgehead atoms. The molecule has 1 aromatic heterocycles. The summed E-state index contributed by atoms with van der Waals surface area (Å²) in [6, 6.07) is 20.2. The first-order valence-electron chi connectivity index (χ1n) is 8.21. The van der Waals surface area contributed by atoms with Gasteiger partial charge in [0.2, 0.25) is 0 Å². The third-order valence-corrected chi connectivity index (χ3v) is 4.37. The fraction of sp³-hybridized carbons (Fsp3) is 0.150. The Balaban J connectivity index is 1.65. The fourth-order valence-electron chi connectivity index (χ4n) is 3.28. The average Bonchev–Trinajstić information content (AvgIpc) is 2.98. The van der Waals surface area contributed by atoms with Crippen molar-refractivity contribution in [2.45, 2.75) is 19.4 Å². The van der Waals surface area contributed by atoms with Crippen molar-refractivity contribution in [1.82, 2.24) is 9.97 Å². The van der Waals surface area contributed by atoms with Crippen molar-refractivity contribution in [1.29, 1.82) is 5.26 Å². The summed E-state index contributed by atoms with van der Waals surface area (Å²) in [5, 5.41) is 12.3. The van der Waals surface area contributed by atoms with Gasteiger partial charge in [-0.2, -0.15) is 5.26 Å². The Morgan fingerprint density at radius 1 is 1.12 bits per heavy atom. The quantitative estimate of drug-likeness (QED) is 0.782. The molecule has 0 fully saturated rings. The number of fused-ring (bicyclic) bond motifs is 1. The van der Waals surface area contributed by atoms with E-state index in [9.17, 15) is 0 Å². The van der Waals surface area contributed by atoms with E-state index in [1.54, 1.807) is 18.5 Å². The molecule has 1 N–H and O–H groups in total. The van der Waals surface area contributed by atoms with Crippen LogP contribution in [0.2, 0.25) is 0 Å². The van der Waals surface area contributed by atoms with Crippen molar-refractivity contribution in [3.8, 4) is 6.07 Å². The zero-order chi connectivity index (χ0) is 17.2. The van der Waals surface area contributed by atoms with Crippen LogP contribution in [0.1, 0.15) is 18.1 Å². The van der Waals surface area contributed by atoms with Gasteiger partial charge in [0.05, 0.1) is 11.6 Å². The largest absolute Gasteiger partial charge is 0.340 e. The van der Waals surface area contributed by atoms with Gasteiger partial charge in [0, 0.05) is 23.5 Å². The molecule has 5 nitrogen and oxygen atoms in total. The van der Waals surface area contributed by atoms with E-state index >= 15 is 0 Å². The molecule has 122 valence electrons. The number of hydrogen-bond acceptors (Lipinski definition) is 5. The second-order valence-corrected chi connectivity index (χ2v) is 6.13. The van der Waals surface area contributed by atoms with Gasteiger partial charge in [-0.1, -0.05) is 24.3 Å². The number of nitrogens with one attached hydrogen (secondary N) is 1. The predicted octanol–water partition coefficient (Wildman–Crippen LogP) is 4.17. The van der Waals surface area contributed by atoms with Crippen molar-refractivity contribution < 1.29 is 0 Å². The SMILES string of the molecule is CC1Cc2ccccc2N1c1cc(Nc2cccc(C#N)c2)ncn1. The molecule has 3 aromatic rings. The second-order valence-electron chi connectivity index (χ2n) is 6.13. The third-order valence-electron chi connectivity index (χ3n) is 4.37. The van der Waals surface area contributed by atoms with Crippen molar-refractivity contribution in [2.75, 3.05) is 10.2 Å². The van der Waals surface area contributed by atoms with Crippen LogP contribution >= 0.6 is 0 Å². The van der Waals surface area contributed by atoms with Gasteiger partial charge in [0.15, 0.2) is 0 Å². The Morgan fingerprint density at radius 3 is 2.88 bits per heavy atom. The van der Waals surface area contributed by atoms with Gasteiger partial charge in [0.1, 0.15) is 18.0 Å². The van der Waals surface area contributed by atoms with E-state index in [0.29, 0.717) is 17.4 Å². The standard InChI is InChI=1S/C20H17N5/c1-14-9-16-6-2-3-8-18(16)25(14)20-11-19(22-13-23-20)24-17-7-4-5-15(10-17)12-21/h2-8,10-11,13-14H,9H2,1H3,(H,22,23,24). The van der Waals surface area contributed by atoms with Crippen LogP contribution in [0.25, 0.3) is 0 Å². The van der Waals surface area contributed by atoms with E-state index < -0.39 is 0 Å². The molecule has 2 heterocycles. The van der Waals surface area contributed by atoms with Gasteiger partial charge in [-0.05, 0) is 43.2 Å². The van der Waals surface area contributed by atoms with Crippen LogP contribution in [-0.2, 0) is 6.42 Å². The van der Waals surface area contributed by atoms with E-state index in [1.807, 2.05) is 18.2 Å². The first-order valence-corrected chi connectivity index (χ1v) is 8.21. The average molecular weight is 327 g/mol. The van der Waals surface area contributed by atoms with Crippen molar-refractivity contribution in [3.05, 3.63) is 72.1 Å². The molecule has 1 aliphatic heterocycles. The number of nitriles is 1. The minimum atomic E-state index is 0.349. The van der Waals surface area contributed by atoms with E-state index in [2.05, 4.69) is 57.4 Å². The zero-order valence-corrected chi connectivity index (χ0v) is 13.8. The Labute approximate surface area is 146 Å². The number of aromatic nitrogens is 2.